The SMILES string of the molecule is CC(NC(=O)c1ccccc1)C1=CCC(c2ccccc2)CC1. The normalized spacial score (nSPS) is 18.8. The van der Waals surface area contributed by atoms with Crippen molar-refractivity contribution in [3.05, 3.63) is 83.4 Å². The van der Waals surface area contributed by atoms with Crippen molar-refractivity contribution in [1.29, 1.82) is 0 Å². The molecule has 2 aromatic carbocycles. The summed E-state index contributed by atoms with van der Waals surface area (Å²) in [5, 5.41) is 3.11. The quantitative estimate of drug-likeness (QED) is 0.815. The third-order valence-corrected chi connectivity index (χ3v) is 4.66. The first-order valence-electron chi connectivity index (χ1n) is 8.34. The van der Waals surface area contributed by atoms with E-state index < -0.39 is 0 Å². The van der Waals surface area contributed by atoms with Crippen molar-refractivity contribution in [3.8, 4) is 0 Å². The van der Waals surface area contributed by atoms with Crippen LogP contribution in [0.2, 0.25) is 0 Å². The summed E-state index contributed by atoms with van der Waals surface area (Å²) in [4.78, 5) is 12.2. The molecule has 2 nitrogen and oxygen atoms in total. The van der Waals surface area contributed by atoms with E-state index in [1.54, 1.807) is 0 Å². The number of carbonyl (C=O) groups is 1. The Labute approximate surface area is 138 Å². The number of amides is 1. The van der Waals surface area contributed by atoms with E-state index >= 15 is 0 Å². The zero-order valence-corrected chi connectivity index (χ0v) is 13.5. The number of carbonyl (C=O) groups excluding carboxylic acids is 1. The van der Waals surface area contributed by atoms with Gasteiger partial charge in [-0.15, -0.1) is 0 Å². The van der Waals surface area contributed by atoms with Crippen molar-refractivity contribution >= 4 is 5.91 Å². The van der Waals surface area contributed by atoms with Gasteiger partial charge in [0.25, 0.3) is 5.91 Å². The van der Waals surface area contributed by atoms with E-state index in [1.165, 1.54) is 11.1 Å². The van der Waals surface area contributed by atoms with Crippen LogP contribution in [0.4, 0.5) is 0 Å². The summed E-state index contributed by atoms with van der Waals surface area (Å²) in [6.45, 7) is 2.08. The van der Waals surface area contributed by atoms with Crippen LogP contribution in [-0.4, -0.2) is 11.9 Å². The first-order valence-corrected chi connectivity index (χ1v) is 8.34. The molecule has 2 unspecified atom stereocenters. The molecule has 1 aliphatic rings. The molecule has 0 saturated carbocycles. The van der Waals surface area contributed by atoms with Gasteiger partial charge in [-0.1, -0.05) is 60.2 Å². The van der Waals surface area contributed by atoms with Crippen LogP contribution < -0.4 is 5.32 Å². The first-order chi connectivity index (χ1) is 11.2. The maximum absolute atomic E-state index is 12.2. The highest BCUT2D eigenvalue weighted by Crippen LogP contribution is 2.32. The first kappa shape index (κ1) is 15.5. The fourth-order valence-corrected chi connectivity index (χ4v) is 3.24. The molecule has 0 aliphatic heterocycles. The van der Waals surface area contributed by atoms with Crippen LogP contribution in [-0.2, 0) is 0 Å². The Balaban J connectivity index is 1.60. The summed E-state index contributed by atoms with van der Waals surface area (Å²) in [6.07, 6.45) is 5.58. The summed E-state index contributed by atoms with van der Waals surface area (Å²) in [5.41, 5.74) is 3.49. The van der Waals surface area contributed by atoms with Gasteiger partial charge in [0.15, 0.2) is 0 Å². The number of benzene rings is 2. The highest BCUT2D eigenvalue weighted by molar-refractivity contribution is 5.94. The van der Waals surface area contributed by atoms with Crippen LogP contribution in [0.1, 0.15) is 48.0 Å². The lowest BCUT2D eigenvalue weighted by atomic mass is 9.83. The fourth-order valence-electron chi connectivity index (χ4n) is 3.24. The maximum Gasteiger partial charge on any atom is 0.251 e. The third-order valence-electron chi connectivity index (χ3n) is 4.66. The van der Waals surface area contributed by atoms with Crippen LogP contribution in [0, 0.1) is 0 Å². The number of allylic oxidation sites excluding steroid dienone is 1. The van der Waals surface area contributed by atoms with Crippen LogP contribution in [0.25, 0.3) is 0 Å². The molecule has 118 valence electrons. The van der Waals surface area contributed by atoms with Crippen LogP contribution in [0.3, 0.4) is 0 Å². The molecule has 0 bridgehead atoms. The predicted molar refractivity (Wildman–Crippen MR) is 94.5 cm³/mol. The molecule has 3 rings (SSSR count). The Morgan fingerprint density at radius 2 is 1.70 bits per heavy atom. The number of hydrogen-bond donors (Lipinski definition) is 1. The molecule has 1 aliphatic carbocycles. The van der Waals surface area contributed by atoms with Gasteiger partial charge in [0, 0.05) is 11.6 Å². The molecule has 1 N–H and O–H groups in total. The smallest absolute Gasteiger partial charge is 0.251 e. The van der Waals surface area contributed by atoms with Gasteiger partial charge < -0.3 is 5.32 Å². The zero-order chi connectivity index (χ0) is 16.1. The van der Waals surface area contributed by atoms with Crippen molar-refractivity contribution in [2.75, 3.05) is 0 Å². The average Bonchev–Trinajstić information content (AvgIpc) is 2.63. The Morgan fingerprint density at radius 1 is 1.04 bits per heavy atom. The van der Waals surface area contributed by atoms with Gasteiger partial charge in [-0.25, -0.2) is 0 Å². The standard InChI is InChI=1S/C21H23NO/c1-16(22-21(23)20-10-6-3-7-11-20)17-12-14-19(15-13-17)18-8-4-2-5-9-18/h2-12,16,19H,13-15H2,1H3,(H,22,23). The van der Waals surface area contributed by atoms with Crippen LogP contribution in [0.15, 0.2) is 72.3 Å². The van der Waals surface area contributed by atoms with E-state index in [0.29, 0.717) is 5.92 Å². The molecule has 2 aromatic rings. The van der Waals surface area contributed by atoms with E-state index in [9.17, 15) is 4.79 Å². The molecule has 2 heteroatoms. The summed E-state index contributed by atoms with van der Waals surface area (Å²) in [6, 6.07) is 20.2. The molecule has 0 fully saturated rings. The lowest BCUT2D eigenvalue weighted by molar-refractivity contribution is 0.0944. The second-order valence-electron chi connectivity index (χ2n) is 6.22. The van der Waals surface area contributed by atoms with E-state index in [-0.39, 0.29) is 11.9 Å². The molecular formula is C21H23NO. The van der Waals surface area contributed by atoms with Crippen LogP contribution >= 0.6 is 0 Å². The zero-order valence-electron chi connectivity index (χ0n) is 13.5. The minimum absolute atomic E-state index is 0.00387. The topological polar surface area (TPSA) is 29.1 Å². The largest absolute Gasteiger partial charge is 0.346 e. The molecule has 2 atom stereocenters. The van der Waals surface area contributed by atoms with Crippen molar-refractivity contribution < 1.29 is 4.79 Å². The third kappa shape index (κ3) is 3.89. The van der Waals surface area contributed by atoms with Gasteiger partial charge >= 0.3 is 0 Å². The molecule has 0 spiro atoms. The monoisotopic (exact) mass is 305 g/mol. The van der Waals surface area contributed by atoms with Crippen molar-refractivity contribution in [2.45, 2.75) is 38.1 Å². The van der Waals surface area contributed by atoms with Gasteiger partial charge in [0.05, 0.1) is 0 Å². The highest BCUT2D eigenvalue weighted by atomic mass is 16.1. The summed E-state index contributed by atoms with van der Waals surface area (Å²) in [7, 11) is 0. The average molecular weight is 305 g/mol. The maximum atomic E-state index is 12.2. The molecule has 23 heavy (non-hydrogen) atoms. The van der Waals surface area contributed by atoms with Gasteiger partial charge in [-0.3, -0.25) is 4.79 Å². The van der Waals surface area contributed by atoms with Gasteiger partial charge in [-0.2, -0.15) is 0 Å². The molecule has 1 amide bonds. The Morgan fingerprint density at radius 3 is 2.30 bits per heavy atom. The second kappa shape index (κ2) is 7.28. The van der Waals surface area contributed by atoms with Crippen molar-refractivity contribution in [2.24, 2.45) is 0 Å². The molecule has 0 saturated heterocycles. The highest BCUT2D eigenvalue weighted by Gasteiger charge is 2.20. The minimum Gasteiger partial charge on any atom is -0.346 e. The number of rotatable bonds is 4. The van der Waals surface area contributed by atoms with E-state index in [4.69, 9.17) is 0 Å². The van der Waals surface area contributed by atoms with E-state index in [0.717, 1.165) is 24.8 Å². The second-order valence-corrected chi connectivity index (χ2v) is 6.22. The number of hydrogen-bond acceptors (Lipinski definition) is 1. The molecule has 0 radical (unpaired) electrons. The van der Waals surface area contributed by atoms with E-state index in [2.05, 4.69) is 48.6 Å². The number of nitrogens with one attached hydrogen (secondary N) is 1. The van der Waals surface area contributed by atoms with Crippen LogP contribution in [0.5, 0.6) is 0 Å². The van der Waals surface area contributed by atoms with Crippen molar-refractivity contribution in [1.82, 2.24) is 5.32 Å². The van der Waals surface area contributed by atoms with Gasteiger partial charge in [-0.05, 0) is 49.8 Å². The summed E-state index contributed by atoms with van der Waals surface area (Å²) < 4.78 is 0. The Hall–Kier alpha value is -2.35. The summed E-state index contributed by atoms with van der Waals surface area (Å²) in [5.74, 6) is 0.612. The van der Waals surface area contributed by atoms with Gasteiger partial charge in [0.2, 0.25) is 0 Å². The Kier molecular flexibility index (Phi) is 4.92. The van der Waals surface area contributed by atoms with Gasteiger partial charge in [0.1, 0.15) is 0 Å². The molecule has 0 heterocycles. The lowest BCUT2D eigenvalue weighted by Crippen LogP contribution is -2.34. The minimum atomic E-state index is 0.00387. The summed E-state index contributed by atoms with van der Waals surface area (Å²) >= 11 is 0. The van der Waals surface area contributed by atoms with E-state index in [1.807, 2.05) is 30.3 Å². The van der Waals surface area contributed by atoms with Crippen molar-refractivity contribution in [3.63, 3.8) is 0 Å². The Bertz CT molecular complexity index is 676. The molecule has 0 aromatic heterocycles. The predicted octanol–water partition coefficient (Wildman–Crippen LogP) is 4.70. The fraction of sp³-hybridized carbons (Fsp3) is 0.286. The molecular weight excluding hydrogens is 282 g/mol. The lowest BCUT2D eigenvalue weighted by Gasteiger charge is -2.26.